The average molecular weight is 225 g/mol. The van der Waals surface area contributed by atoms with Crippen molar-refractivity contribution in [3.63, 3.8) is 0 Å². The third kappa shape index (κ3) is 4.73. The van der Waals surface area contributed by atoms with Gasteiger partial charge < -0.3 is 10.0 Å². The van der Waals surface area contributed by atoms with Crippen molar-refractivity contribution in [3.05, 3.63) is 35.6 Å². The molecule has 1 aromatic carbocycles. The van der Waals surface area contributed by atoms with Gasteiger partial charge in [-0.3, -0.25) is 0 Å². The lowest BCUT2D eigenvalue weighted by Gasteiger charge is -2.12. The molecule has 1 N–H and O–H groups in total. The number of unbranched alkanes of at least 4 members (excludes halogenated alkanes) is 1. The van der Waals surface area contributed by atoms with Gasteiger partial charge >= 0.3 is 0 Å². The summed E-state index contributed by atoms with van der Waals surface area (Å²) in [6.45, 7) is 1.04. The third-order valence-electron chi connectivity index (χ3n) is 2.59. The van der Waals surface area contributed by atoms with E-state index >= 15 is 0 Å². The van der Waals surface area contributed by atoms with E-state index in [1.165, 1.54) is 12.1 Å². The van der Waals surface area contributed by atoms with Gasteiger partial charge in [-0.15, -0.1) is 0 Å². The standard InChI is InChI=1S/C13H20FNO/c1-15(2)10-4-3-5-13(16)11-6-8-12(14)9-7-11/h6-9,13,16H,3-5,10H2,1-2H3. The molecule has 0 heterocycles. The number of hydrogen-bond donors (Lipinski definition) is 1. The number of halogens is 1. The minimum absolute atomic E-state index is 0.261. The van der Waals surface area contributed by atoms with Crippen LogP contribution in [0.15, 0.2) is 24.3 Å². The van der Waals surface area contributed by atoms with E-state index in [2.05, 4.69) is 4.90 Å². The molecule has 0 fully saturated rings. The maximum absolute atomic E-state index is 12.7. The van der Waals surface area contributed by atoms with E-state index in [1.54, 1.807) is 12.1 Å². The molecule has 0 aliphatic rings. The summed E-state index contributed by atoms with van der Waals surface area (Å²) in [6, 6.07) is 6.06. The number of aliphatic hydroxyl groups is 1. The summed E-state index contributed by atoms with van der Waals surface area (Å²) < 4.78 is 12.7. The van der Waals surface area contributed by atoms with Crippen LogP contribution in [0.25, 0.3) is 0 Å². The minimum Gasteiger partial charge on any atom is -0.388 e. The van der Waals surface area contributed by atoms with E-state index < -0.39 is 6.10 Å². The van der Waals surface area contributed by atoms with Crippen molar-refractivity contribution >= 4 is 0 Å². The Morgan fingerprint density at radius 2 is 1.81 bits per heavy atom. The maximum atomic E-state index is 12.7. The smallest absolute Gasteiger partial charge is 0.123 e. The second kappa shape index (κ2) is 6.61. The van der Waals surface area contributed by atoms with Gasteiger partial charge in [0.05, 0.1) is 6.10 Å². The molecule has 90 valence electrons. The molecule has 0 spiro atoms. The second-order valence-corrected chi connectivity index (χ2v) is 4.37. The normalized spacial score (nSPS) is 13.1. The third-order valence-corrected chi connectivity index (χ3v) is 2.59. The van der Waals surface area contributed by atoms with Crippen molar-refractivity contribution in [3.8, 4) is 0 Å². The molecule has 1 atom stereocenters. The van der Waals surface area contributed by atoms with E-state index in [0.29, 0.717) is 0 Å². The van der Waals surface area contributed by atoms with Gasteiger partial charge in [-0.05, 0) is 57.6 Å². The van der Waals surface area contributed by atoms with Gasteiger partial charge in [0.25, 0.3) is 0 Å². The Hall–Kier alpha value is -0.930. The summed E-state index contributed by atoms with van der Waals surface area (Å²) in [6.07, 6.45) is 2.32. The molecule has 0 aromatic heterocycles. The lowest BCUT2D eigenvalue weighted by atomic mass is 10.0. The molecule has 0 saturated heterocycles. The van der Waals surface area contributed by atoms with E-state index in [-0.39, 0.29) is 5.82 Å². The first-order valence-electron chi connectivity index (χ1n) is 5.68. The van der Waals surface area contributed by atoms with Crippen molar-refractivity contribution in [1.82, 2.24) is 4.90 Å². The lowest BCUT2D eigenvalue weighted by Crippen LogP contribution is -2.13. The van der Waals surface area contributed by atoms with Crippen molar-refractivity contribution in [2.45, 2.75) is 25.4 Å². The number of nitrogens with zero attached hydrogens (tertiary/aromatic N) is 1. The van der Waals surface area contributed by atoms with Gasteiger partial charge in [0.1, 0.15) is 5.82 Å². The number of aliphatic hydroxyl groups excluding tert-OH is 1. The van der Waals surface area contributed by atoms with Crippen LogP contribution in [-0.4, -0.2) is 30.6 Å². The van der Waals surface area contributed by atoms with Crippen molar-refractivity contribution in [1.29, 1.82) is 0 Å². The number of rotatable bonds is 6. The molecule has 1 rings (SSSR count). The van der Waals surface area contributed by atoms with Crippen LogP contribution in [0.1, 0.15) is 30.9 Å². The first-order valence-corrected chi connectivity index (χ1v) is 5.68. The fourth-order valence-corrected chi connectivity index (χ4v) is 1.62. The summed E-state index contributed by atoms with van der Waals surface area (Å²) in [5.41, 5.74) is 0.797. The predicted octanol–water partition coefficient (Wildman–Crippen LogP) is 2.59. The molecule has 1 unspecified atom stereocenters. The van der Waals surface area contributed by atoms with Crippen LogP contribution in [0.4, 0.5) is 4.39 Å². The largest absolute Gasteiger partial charge is 0.388 e. The summed E-state index contributed by atoms with van der Waals surface area (Å²) in [4.78, 5) is 2.13. The molecule has 0 aliphatic heterocycles. The van der Waals surface area contributed by atoms with Crippen LogP contribution in [0.5, 0.6) is 0 Å². The van der Waals surface area contributed by atoms with Crippen molar-refractivity contribution < 1.29 is 9.50 Å². The molecular weight excluding hydrogens is 205 g/mol. The van der Waals surface area contributed by atoms with E-state index in [1.807, 2.05) is 14.1 Å². The molecule has 2 nitrogen and oxygen atoms in total. The van der Waals surface area contributed by atoms with Crippen LogP contribution < -0.4 is 0 Å². The Kier molecular flexibility index (Phi) is 5.43. The SMILES string of the molecule is CN(C)CCCCC(O)c1ccc(F)cc1. The Bertz CT molecular complexity index is 297. The molecule has 0 saturated carbocycles. The van der Waals surface area contributed by atoms with E-state index in [9.17, 15) is 9.50 Å². The molecule has 0 bridgehead atoms. The highest BCUT2D eigenvalue weighted by Gasteiger charge is 2.06. The summed E-state index contributed by atoms with van der Waals surface area (Å²) >= 11 is 0. The van der Waals surface area contributed by atoms with Gasteiger partial charge in [0, 0.05) is 0 Å². The van der Waals surface area contributed by atoms with Crippen molar-refractivity contribution in [2.75, 3.05) is 20.6 Å². The summed E-state index contributed by atoms with van der Waals surface area (Å²) in [5, 5.41) is 9.84. The van der Waals surface area contributed by atoms with Crippen LogP contribution in [0.3, 0.4) is 0 Å². The van der Waals surface area contributed by atoms with Gasteiger partial charge in [0.15, 0.2) is 0 Å². The minimum atomic E-state index is -0.470. The van der Waals surface area contributed by atoms with Crippen LogP contribution in [0.2, 0.25) is 0 Å². The first-order chi connectivity index (χ1) is 7.59. The fraction of sp³-hybridized carbons (Fsp3) is 0.538. The number of hydrogen-bond acceptors (Lipinski definition) is 2. The lowest BCUT2D eigenvalue weighted by molar-refractivity contribution is 0.162. The zero-order chi connectivity index (χ0) is 12.0. The highest BCUT2D eigenvalue weighted by atomic mass is 19.1. The molecule has 0 radical (unpaired) electrons. The Balaban J connectivity index is 2.29. The van der Waals surface area contributed by atoms with Crippen LogP contribution in [-0.2, 0) is 0 Å². The topological polar surface area (TPSA) is 23.5 Å². The van der Waals surface area contributed by atoms with Gasteiger partial charge in [-0.2, -0.15) is 0 Å². The molecule has 3 heteroatoms. The molecule has 16 heavy (non-hydrogen) atoms. The highest BCUT2D eigenvalue weighted by molar-refractivity contribution is 5.18. The second-order valence-electron chi connectivity index (χ2n) is 4.37. The number of benzene rings is 1. The summed E-state index contributed by atoms with van der Waals surface area (Å²) in [5.74, 6) is -0.261. The van der Waals surface area contributed by atoms with Gasteiger partial charge in [0.2, 0.25) is 0 Å². The highest BCUT2D eigenvalue weighted by Crippen LogP contribution is 2.19. The predicted molar refractivity (Wildman–Crippen MR) is 63.8 cm³/mol. The van der Waals surface area contributed by atoms with Crippen LogP contribution >= 0.6 is 0 Å². The Morgan fingerprint density at radius 1 is 1.19 bits per heavy atom. The first kappa shape index (κ1) is 13.1. The Morgan fingerprint density at radius 3 is 2.38 bits per heavy atom. The summed E-state index contributed by atoms with van der Waals surface area (Å²) in [7, 11) is 4.08. The maximum Gasteiger partial charge on any atom is 0.123 e. The van der Waals surface area contributed by atoms with E-state index in [0.717, 1.165) is 31.4 Å². The zero-order valence-corrected chi connectivity index (χ0v) is 9.99. The molecular formula is C13H20FNO. The average Bonchev–Trinajstić information content (AvgIpc) is 2.25. The quantitative estimate of drug-likeness (QED) is 0.752. The van der Waals surface area contributed by atoms with Gasteiger partial charge in [-0.25, -0.2) is 4.39 Å². The Labute approximate surface area is 96.7 Å². The van der Waals surface area contributed by atoms with Crippen LogP contribution in [0, 0.1) is 5.82 Å². The monoisotopic (exact) mass is 225 g/mol. The zero-order valence-electron chi connectivity index (χ0n) is 9.99. The van der Waals surface area contributed by atoms with E-state index in [4.69, 9.17) is 0 Å². The van der Waals surface area contributed by atoms with Crippen molar-refractivity contribution in [2.24, 2.45) is 0 Å². The molecule has 1 aromatic rings. The fourth-order valence-electron chi connectivity index (χ4n) is 1.62. The van der Waals surface area contributed by atoms with Gasteiger partial charge in [-0.1, -0.05) is 12.1 Å². The molecule has 0 aliphatic carbocycles. The molecule has 0 amide bonds.